The van der Waals surface area contributed by atoms with Crippen molar-refractivity contribution < 1.29 is 19.4 Å². The summed E-state index contributed by atoms with van der Waals surface area (Å²) in [5.41, 5.74) is 2.17. The van der Waals surface area contributed by atoms with E-state index in [-0.39, 0.29) is 18.6 Å². The van der Waals surface area contributed by atoms with E-state index in [0.29, 0.717) is 37.3 Å². The number of carbonyl (C=O) groups excluding carboxylic acids is 1. The molecule has 2 aromatic rings. The van der Waals surface area contributed by atoms with Gasteiger partial charge in [0, 0.05) is 30.7 Å². The van der Waals surface area contributed by atoms with Crippen molar-refractivity contribution in [2.45, 2.75) is 13.0 Å². The number of nitrogens with zero attached hydrogens (tertiary/aromatic N) is 3. The van der Waals surface area contributed by atoms with E-state index in [9.17, 15) is 9.59 Å². The third-order valence-electron chi connectivity index (χ3n) is 4.44. The molecule has 1 aromatic heterocycles. The number of ether oxygens (including phenoxy) is 1. The number of amides is 1. The van der Waals surface area contributed by atoms with Crippen LogP contribution in [0.1, 0.15) is 16.1 Å². The highest BCUT2D eigenvalue weighted by Gasteiger charge is 2.27. The minimum Gasteiger partial charge on any atom is -0.480 e. The number of morpholine rings is 1. The number of hydrogen-bond acceptors (Lipinski definition) is 5. The molecular formula is C19H23N3O4. The Kier molecular flexibility index (Phi) is 5.49. The number of likely N-dealkylation sites (N-methyl/N-ethyl adjacent to an activating group) is 1. The molecule has 0 saturated carbocycles. The zero-order chi connectivity index (χ0) is 18.7. The monoisotopic (exact) mass is 357 g/mol. The number of rotatable bonds is 5. The molecule has 2 heterocycles. The van der Waals surface area contributed by atoms with E-state index in [0.717, 1.165) is 11.1 Å². The van der Waals surface area contributed by atoms with Gasteiger partial charge in [0.25, 0.3) is 5.91 Å². The molecular weight excluding hydrogens is 334 g/mol. The van der Waals surface area contributed by atoms with Gasteiger partial charge in [0.15, 0.2) is 0 Å². The first kappa shape index (κ1) is 18.3. The third-order valence-corrected chi connectivity index (χ3v) is 4.44. The van der Waals surface area contributed by atoms with Crippen LogP contribution in [0.5, 0.6) is 0 Å². The normalized spacial score (nSPS) is 17.7. The summed E-state index contributed by atoms with van der Waals surface area (Å²) < 4.78 is 5.71. The van der Waals surface area contributed by atoms with Crippen molar-refractivity contribution in [2.75, 3.05) is 39.8 Å². The van der Waals surface area contributed by atoms with Gasteiger partial charge in [-0.2, -0.15) is 0 Å². The van der Waals surface area contributed by atoms with E-state index in [1.165, 1.54) is 0 Å². The molecule has 7 heteroatoms. The number of benzene rings is 1. The van der Waals surface area contributed by atoms with E-state index in [4.69, 9.17) is 9.84 Å². The third kappa shape index (κ3) is 4.17. The Bertz CT molecular complexity index is 824. The Hall–Kier alpha value is -2.51. The van der Waals surface area contributed by atoms with Gasteiger partial charge in [-0.25, -0.2) is 0 Å². The quantitative estimate of drug-likeness (QED) is 0.871. The van der Waals surface area contributed by atoms with E-state index < -0.39 is 5.97 Å². The van der Waals surface area contributed by atoms with Crippen molar-refractivity contribution in [3.63, 3.8) is 0 Å². The topological polar surface area (TPSA) is 83.0 Å². The fraction of sp³-hybridized carbons (Fsp3) is 0.421. The number of aryl methyl sites for hydroxylation is 1. The highest BCUT2D eigenvalue weighted by atomic mass is 16.5. The molecule has 1 aliphatic heterocycles. The molecule has 1 aliphatic rings. The Labute approximate surface area is 152 Å². The molecule has 0 radical (unpaired) electrons. The highest BCUT2D eigenvalue weighted by molar-refractivity contribution is 6.05. The Morgan fingerprint density at radius 3 is 2.92 bits per heavy atom. The SMILES string of the molecule is Cc1ccc2cccc(C(=O)N3CCO[C@H](CN(C)CC(=O)O)C3)c2n1. The van der Waals surface area contributed by atoms with Crippen LogP contribution in [-0.2, 0) is 9.53 Å². The lowest BCUT2D eigenvalue weighted by Gasteiger charge is -2.34. The first-order valence-corrected chi connectivity index (χ1v) is 8.61. The largest absolute Gasteiger partial charge is 0.480 e. The second kappa shape index (κ2) is 7.80. The van der Waals surface area contributed by atoms with Crippen LogP contribution in [0.15, 0.2) is 30.3 Å². The van der Waals surface area contributed by atoms with Crippen molar-refractivity contribution >= 4 is 22.8 Å². The lowest BCUT2D eigenvalue weighted by Crippen LogP contribution is -2.49. The molecule has 1 atom stereocenters. The summed E-state index contributed by atoms with van der Waals surface area (Å²) in [7, 11) is 1.73. The van der Waals surface area contributed by atoms with Gasteiger partial charge in [-0.3, -0.25) is 19.5 Å². The smallest absolute Gasteiger partial charge is 0.317 e. The molecule has 1 N–H and O–H groups in total. The Balaban J connectivity index is 1.75. The molecule has 0 aliphatic carbocycles. The van der Waals surface area contributed by atoms with Crippen molar-refractivity contribution in [3.05, 3.63) is 41.6 Å². The lowest BCUT2D eigenvalue weighted by atomic mass is 10.1. The first-order chi connectivity index (χ1) is 12.4. The zero-order valence-electron chi connectivity index (χ0n) is 15.0. The van der Waals surface area contributed by atoms with Crippen LogP contribution in [0.4, 0.5) is 0 Å². The number of aliphatic carboxylic acids is 1. The molecule has 7 nitrogen and oxygen atoms in total. The second-order valence-corrected chi connectivity index (χ2v) is 6.66. The molecule has 3 rings (SSSR count). The predicted molar refractivity (Wildman–Crippen MR) is 97.3 cm³/mol. The van der Waals surface area contributed by atoms with Crippen molar-refractivity contribution in [2.24, 2.45) is 0 Å². The van der Waals surface area contributed by atoms with Crippen LogP contribution in [0.25, 0.3) is 10.9 Å². The molecule has 0 unspecified atom stereocenters. The van der Waals surface area contributed by atoms with Gasteiger partial charge in [-0.05, 0) is 26.1 Å². The van der Waals surface area contributed by atoms with Gasteiger partial charge in [0.1, 0.15) is 0 Å². The first-order valence-electron chi connectivity index (χ1n) is 8.61. The maximum atomic E-state index is 13.1. The van der Waals surface area contributed by atoms with Gasteiger partial charge in [0.05, 0.1) is 30.3 Å². The summed E-state index contributed by atoms with van der Waals surface area (Å²) in [6.07, 6.45) is -0.207. The maximum absolute atomic E-state index is 13.1. The standard InChI is InChI=1S/C19H23N3O4/c1-13-6-7-14-4-3-5-16(18(14)20-13)19(25)22-8-9-26-15(11-22)10-21(2)12-17(23)24/h3-7,15H,8-12H2,1-2H3,(H,23,24)/t15-/m1/s1. The van der Waals surface area contributed by atoms with Crippen LogP contribution in [0, 0.1) is 6.92 Å². The van der Waals surface area contributed by atoms with E-state index >= 15 is 0 Å². The molecule has 1 fully saturated rings. The molecule has 26 heavy (non-hydrogen) atoms. The van der Waals surface area contributed by atoms with Crippen molar-refractivity contribution in [1.29, 1.82) is 0 Å². The van der Waals surface area contributed by atoms with Crippen LogP contribution >= 0.6 is 0 Å². The number of carbonyl (C=O) groups is 2. The molecule has 138 valence electrons. The summed E-state index contributed by atoms with van der Waals surface area (Å²) >= 11 is 0. The highest BCUT2D eigenvalue weighted by Crippen LogP contribution is 2.20. The summed E-state index contributed by atoms with van der Waals surface area (Å²) in [5, 5.41) is 9.81. The van der Waals surface area contributed by atoms with Gasteiger partial charge in [-0.15, -0.1) is 0 Å². The summed E-state index contributed by atoms with van der Waals surface area (Å²) in [6, 6.07) is 9.52. The van der Waals surface area contributed by atoms with Gasteiger partial charge in [0.2, 0.25) is 0 Å². The second-order valence-electron chi connectivity index (χ2n) is 6.66. The average Bonchev–Trinajstić information content (AvgIpc) is 2.60. The minimum absolute atomic E-state index is 0.0552. The Morgan fingerprint density at radius 2 is 2.15 bits per heavy atom. The molecule has 1 amide bonds. The van der Waals surface area contributed by atoms with Gasteiger partial charge >= 0.3 is 5.97 Å². The summed E-state index contributed by atoms with van der Waals surface area (Å²) in [6.45, 7) is 3.70. The number of fused-ring (bicyclic) bond motifs is 1. The lowest BCUT2D eigenvalue weighted by molar-refractivity contribution is -0.138. The van der Waals surface area contributed by atoms with Gasteiger partial charge < -0.3 is 14.7 Å². The summed E-state index contributed by atoms with van der Waals surface area (Å²) in [4.78, 5) is 31.9. The van der Waals surface area contributed by atoms with Crippen molar-refractivity contribution in [3.8, 4) is 0 Å². The zero-order valence-corrected chi connectivity index (χ0v) is 15.0. The molecule has 0 bridgehead atoms. The molecule has 1 saturated heterocycles. The van der Waals surface area contributed by atoms with E-state index in [2.05, 4.69) is 4.98 Å². The van der Waals surface area contributed by atoms with Crippen LogP contribution in [0.3, 0.4) is 0 Å². The number of aromatic nitrogens is 1. The molecule has 0 spiro atoms. The average molecular weight is 357 g/mol. The Morgan fingerprint density at radius 1 is 1.35 bits per heavy atom. The van der Waals surface area contributed by atoms with Gasteiger partial charge in [-0.1, -0.05) is 18.2 Å². The van der Waals surface area contributed by atoms with Crippen LogP contribution in [0.2, 0.25) is 0 Å². The van der Waals surface area contributed by atoms with E-state index in [1.807, 2.05) is 31.2 Å². The number of carboxylic acids is 1. The fourth-order valence-corrected chi connectivity index (χ4v) is 3.24. The van der Waals surface area contributed by atoms with Crippen LogP contribution in [-0.4, -0.2) is 77.7 Å². The minimum atomic E-state index is -0.881. The van der Waals surface area contributed by atoms with Crippen LogP contribution < -0.4 is 0 Å². The number of hydrogen-bond donors (Lipinski definition) is 1. The molecule has 1 aromatic carbocycles. The number of para-hydroxylation sites is 1. The fourth-order valence-electron chi connectivity index (χ4n) is 3.24. The summed E-state index contributed by atoms with van der Waals surface area (Å²) in [5.74, 6) is -0.948. The van der Waals surface area contributed by atoms with Crippen molar-refractivity contribution in [1.82, 2.24) is 14.8 Å². The maximum Gasteiger partial charge on any atom is 0.317 e. The number of carboxylic acid groups (broad SMARTS) is 1. The number of pyridine rings is 1. The predicted octanol–water partition coefficient (Wildman–Crippen LogP) is 1.40. The van der Waals surface area contributed by atoms with E-state index in [1.54, 1.807) is 22.9 Å².